The summed E-state index contributed by atoms with van der Waals surface area (Å²) in [5.41, 5.74) is 7.99. The lowest BCUT2D eigenvalue weighted by Crippen LogP contribution is -2.48. The van der Waals surface area contributed by atoms with Gasteiger partial charge in [0.15, 0.2) is 0 Å². The van der Waals surface area contributed by atoms with Gasteiger partial charge in [0.25, 0.3) is 0 Å². The van der Waals surface area contributed by atoms with Crippen LogP contribution in [0.25, 0.3) is 0 Å². The molecule has 1 aliphatic heterocycles. The van der Waals surface area contributed by atoms with Crippen molar-refractivity contribution < 1.29 is 13.2 Å². The zero-order valence-corrected chi connectivity index (χ0v) is 15.4. The molecule has 0 spiro atoms. The molecular formula is C16H26N4O3S. The maximum atomic E-state index is 12.7. The molecular weight excluding hydrogens is 328 g/mol. The van der Waals surface area contributed by atoms with Gasteiger partial charge < -0.3 is 5.32 Å². The normalized spacial score (nSPS) is 24.3. The van der Waals surface area contributed by atoms with Gasteiger partial charge in [0.2, 0.25) is 15.9 Å². The number of hydrogen-bond acceptors (Lipinski definition) is 5. The van der Waals surface area contributed by atoms with Gasteiger partial charge in [-0.1, -0.05) is 29.8 Å². The number of benzene rings is 1. The molecule has 0 aliphatic carbocycles. The second-order valence-electron chi connectivity index (χ2n) is 6.39. The van der Waals surface area contributed by atoms with E-state index in [0.29, 0.717) is 6.54 Å². The molecule has 1 amide bonds. The average Bonchev–Trinajstić information content (AvgIpc) is 2.86. The van der Waals surface area contributed by atoms with E-state index in [2.05, 4.69) is 16.2 Å². The fraction of sp³-hybridized carbons (Fsp3) is 0.562. The third-order valence-electron chi connectivity index (χ3n) is 4.28. The van der Waals surface area contributed by atoms with Crippen molar-refractivity contribution in [3.63, 3.8) is 0 Å². The fourth-order valence-corrected chi connectivity index (χ4v) is 4.72. The Morgan fingerprint density at radius 3 is 2.25 bits per heavy atom. The van der Waals surface area contributed by atoms with Gasteiger partial charge in [0, 0.05) is 25.7 Å². The van der Waals surface area contributed by atoms with E-state index in [1.54, 1.807) is 0 Å². The van der Waals surface area contributed by atoms with E-state index in [1.165, 1.54) is 7.05 Å². The molecule has 1 aromatic carbocycles. The zero-order chi connectivity index (χ0) is 17.9. The Bertz CT molecular complexity index is 665. The number of hydrazine groups is 1. The molecule has 0 saturated carbocycles. The maximum Gasteiger partial charge on any atom is 0.235 e. The molecule has 1 aromatic rings. The minimum atomic E-state index is -3.57. The maximum absolute atomic E-state index is 12.7. The summed E-state index contributed by atoms with van der Waals surface area (Å²) in [7, 11) is -2.13. The third kappa shape index (κ3) is 4.32. The number of carbonyl (C=O) groups is 1. The number of rotatable bonds is 6. The molecule has 3 N–H and O–H groups in total. The van der Waals surface area contributed by atoms with Gasteiger partial charge in [-0.05, 0) is 26.3 Å². The molecule has 2 atom stereocenters. The molecule has 1 saturated heterocycles. The summed E-state index contributed by atoms with van der Waals surface area (Å²) in [4.78, 5) is 12.1. The van der Waals surface area contributed by atoms with Crippen molar-refractivity contribution in [1.29, 1.82) is 0 Å². The van der Waals surface area contributed by atoms with Crippen molar-refractivity contribution in [2.24, 2.45) is 0 Å². The number of hydrogen-bond donors (Lipinski definition) is 3. The van der Waals surface area contributed by atoms with Gasteiger partial charge in [-0.15, -0.1) is 0 Å². The van der Waals surface area contributed by atoms with Gasteiger partial charge in [-0.25, -0.2) is 8.42 Å². The largest absolute Gasteiger partial charge is 0.351 e. The summed E-state index contributed by atoms with van der Waals surface area (Å²) in [5.74, 6) is -0.319. The van der Waals surface area contributed by atoms with E-state index >= 15 is 0 Å². The standard InChI is InChI=1S/C16H26N4O3S/c1-11-5-7-14(8-6-11)9-17-15(21)10-20(4)24(22,23)16-12(2)18-19-13(16)3/h5-8,12-13,16,18-19H,9-10H2,1-4H3,(H,17,21). The first-order valence-corrected chi connectivity index (χ1v) is 9.50. The zero-order valence-electron chi connectivity index (χ0n) is 14.5. The minimum absolute atomic E-state index is 0.190. The molecule has 8 heteroatoms. The average molecular weight is 354 g/mol. The smallest absolute Gasteiger partial charge is 0.235 e. The van der Waals surface area contributed by atoms with Crippen molar-refractivity contribution >= 4 is 15.9 Å². The van der Waals surface area contributed by atoms with E-state index in [4.69, 9.17) is 0 Å². The molecule has 0 bridgehead atoms. The van der Waals surface area contributed by atoms with E-state index in [9.17, 15) is 13.2 Å². The lowest BCUT2D eigenvalue weighted by molar-refractivity contribution is -0.121. The Balaban J connectivity index is 1.92. The fourth-order valence-electron chi connectivity index (χ4n) is 2.84. The Hall–Kier alpha value is -1.48. The molecule has 1 aliphatic rings. The monoisotopic (exact) mass is 354 g/mol. The van der Waals surface area contributed by atoms with E-state index in [0.717, 1.165) is 15.4 Å². The number of carbonyl (C=O) groups excluding carboxylic acids is 1. The molecule has 0 radical (unpaired) electrons. The summed E-state index contributed by atoms with van der Waals surface area (Å²) < 4.78 is 26.5. The highest BCUT2D eigenvalue weighted by Gasteiger charge is 2.42. The summed E-state index contributed by atoms with van der Waals surface area (Å²) in [6.07, 6.45) is 0. The highest BCUT2D eigenvalue weighted by Crippen LogP contribution is 2.18. The summed E-state index contributed by atoms with van der Waals surface area (Å²) in [6.45, 7) is 5.81. The van der Waals surface area contributed by atoms with Gasteiger partial charge in [0.05, 0.1) is 6.54 Å². The van der Waals surface area contributed by atoms with Crippen LogP contribution in [0.3, 0.4) is 0 Å². The highest BCUT2D eigenvalue weighted by atomic mass is 32.2. The van der Waals surface area contributed by atoms with Crippen LogP contribution in [0.2, 0.25) is 0 Å². The van der Waals surface area contributed by atoms with Crippen LogP contribution in [0, 0.1) is 6.92 Å². The minimum Gasteiger partial charge on any atom is -0.351 e. The van der Waals surface area contributed by atoms with Crippen LogP contribution in [0.1, 0.15) is 25.0 Å². The Kier molecular flexibility index (Phi) is 5.97. The van der Waals surface area contributed by atoms with Crippen molar-refractivity contribution in [3.8, 4) is 0 Å². The van der Waals surface area contributed by atoms with Crippen LogP contribution in [-0.4, -0.2) is 49.6 Å². The van der Waals surface area contributed by atoms with Crippen molar-refractivity contribution in [2.75, 3.05) is 13.6 Å². The predicted molar refractivity (Wildman–Crippen MR) is 93.6 cm³/mol. The van der Waals surface area contributed by atoms with Gasteiger partial charge in [0.1, 0.15) is 5.25 Å². The molecule has 2 unspecified atom stereocenters. The SMILES string of the molecule is Cc1ccc(CNC(=O)CN(C)S(=O)(=O)C2C(C)NNC2C)cc1. The lowest BCUT2D eigenvalue weighted by atomic mass is 10.1. The molecule has 1 heterocycles. The van der Waals surface area contributed by atoms with Crippen LogP contribution < -0.4 is 16.2 Å². The third-order valence-corrected chi connectivity index (χ3v) is 6.78. The number of amides is 1. The molecule has 134 valence electrons. The second kappa shape index (κ2) is 7.60. The first-order chi connectivity index (χ1) is 11.2. The first-order valence-electron chi connectivity index (χ1n) is 8.00. The number of likely N-dealkylation sites (N-methyl/N-ethyl adjacent to an activating group) is 1. The van der Waals surface area contributed by atoms with E-state index < -0.39 is 15.3 Å². The topological polar surface area (TPSA) is 90.5 Å². The number of sulfonamides is 1. The van der Waals surface area contributed by atoms with Gasteiger partial charge in [-0.3, -0.25) is 15.6 Å². The Morgan fingerprint density at radius 2 is 1.71 bits per heavy atom. The Labute approximate surface area is 143 Å². The van der Waals surface area contributed by atoms with Crippen LogP contribution >= 0.6 is 0 Å². The van der Waals surface area contributed by atoms with Crippen molar-refractivity contribution in [3.05, 3.63) is 35.4 Å². The van der Waals surface area contributed by atoms with Crippen LogP contribution in [0.4, 0.5) is 0 Å². The summed E-state index contributed by atoms with van der Waals surface area (Å²) in [6, 6.07) is 7.39. The number of aryl methyl sites for hydroxylation is 1. The van der Waals surface area contributed by atoms with Crippen LogP contribution in [0.15, 0.2) is 24.3 Å². The van der Waals surface area contributed by atoms with Gasteiger partial charge >= 0.3 is 0 Å². The molecule has 24 heavy (non-hydrogen) atoms. The predicted octanol–water partition coefficient (Wildman–Crippen LogP) is 0.126. The Morgan fingerprint density at radius 1 is 1.17 bits per heavy atom. The van der Waals surface area contributed by atoms with E-state index in [-0.39, 0.29) is 24.5 Å². The second-order valence-corrected chi connectivity index (χ2v) is 8.59. The first kappa shape index (κ1) is 18.9. The summed E-state index contributed by atoms with van der Waals surface area (Å²) >= 11 is 0. The molecule has 2 rings (SSSR count). The number of nitrogens with zero attached hydrogens (tertiary/aromatic N) is 1. The van der Waals surface area contributed by atoms with Gasteiger partial charge in [-0.2, -0.15) is 4.31 Å². The molecule has 7 nitrogen and oxygen atoms in total. The highest BCUT2D eigenvalue weighted by molar-refractivity contribution is 7.89. The van der Waals surface area contributed by atoms with Crippen molar-refractivity contribution in [2.45, 2.75) is 44.6 Å². The summed E-state index contributed by atoms with van der Waals surface area (Å²) in [5, 5.41) is 2.15. The number of nitrogens with one attached hydrogen (secondary N) is 3. The molecule has 0 aromatic heterocycles. The lowest BCUT2D eigenvalue weighted by Gasteiger charge is -2.25. The van der Waals surface area contributed by atoms with E-state index in [1.807, 2.05) is 45.0 Å². The van der Waals surface area contributed by atoms with Crippen LogP contribution in [-0.2, 0) is 21.4 Å². The molecule has 1 fully saturated rings. The van der Waals surface area contributed by atoms with Crippen molar-refractivity contribution in [1.82, 2.24) is 20.5 Å². The quantitative estimate of drug-likeness (QED) is 0.675. The van der Waals surface area contributed by atoms with Crippen LogP contribution in [0.5, 0.6) is 0 Å².